The maximum Gasteiger partial charge on any atom is 0.418 e. The first-order valence-electron chi connectivity index (χ1n) is 9.23. The number of aryl methyl sites for hydroxylation is 1. The number of hydrogen-bond acceptors (Lipinski definition) is 4. The zero-order valence-electron chi connectivity index (χ0n) is 16.6. The van der Waals surface area contributed by atoms with Crippen molar-refractivity contribution in [2.24, 2.45) is 0 Å². The summed E-state index contributed by atoms with van der Waals surface area (Å²) in [4.78, 5) is 12.2. The molecular formula is C21H17F3N6O. The van der Waals surface area contributed by atoms with Crippen LogP contribution in [-0.2, 0) is 6.54 Å². The van der Waals surface area contributed by atoms with E-state index in [1.807, 2.05) is 35.9 Å². The van der Waals surface area contributed by atoms with Gasteiger partial charge in [-0.25, -0.2) is 4.98 Å². The van der Waals surface area contributed by atoms with E-state index in [1.165, 1.54) is 18.5 Å². The Bertz CT molecular complexity index is 1310. The molecule has 0 radical (unpaired) electrons. The van der Waals surface area contributed by atoms with E-state index >= 15 is 0 Å². The molecule has 31 heavy (non-hydrogen) atoms. The summed E-state index contributed by atoms with van der Waals surface area (Å²) in [7, 11) is 0. The molecule has 4 aromatic rings. The van der Waals surface area contributed by atoms with Crippen molar-refractivity contribution < 1.29 is 18.3 Å². The zero-order valence-corrected chi connectivity index (χ0v) is 16.6. The van der Waals surface area contributed by atoms with Gasteiger partial charge in [0.15, 0.2) is 11.3 Å². The first kappa shape index (κ1) is 20.6. The molecule has 4 heterocycles. The first-order valence-corrected chi connectivity index (χ1v) is 9.23. The lowest BCUT2D eigenvalue weighted by atomic mass is 10.0. The number of fused-ring (bicyclic) bond motifs is 1. The number of pyridine rings is 2. The number of rotatable bonds is 4. The minimum absolute atomic E-state index is 0.186. The molecule has 0 bridgehead atoms. The number of aromatic nitrogens is 5. The van der Waals surface area contributed by atoms with Crippen LogP contribution in [0.25, 0.3) is 32.9 Å². The Morgan fingerprint density at radius 3 is 2.61 bits per heavy atom. The lowest BCUT2D eigenvalue weighted by molar-refractivity contribution is -0.258. The van der Waals surface area contributed by atoms with Crippen LogP contribution in [0.2, 0.25) is 0 Å². The van der Waals surface area contributed by atoms with Crippen LogP contribution in [0.5, 0.6) is 0 Å². The van der Waals surface area contributed by atoms with Gasteiger partial charge in [0, 0.05) is 35.3 Å². The van der Waals surface area contributed by atoms with Crippen LogP contribution in [-0.4, -0.2) is 41.0 Å². The molecule has 0 aromatic carbocycles. The van der Waals surface area contributed by atoms with Gasteiger partial charge in [0.1, 0.15) is 5.65 Å². The van der Waals surface area contributed by atoms with Gasteiger partial charge in [-0.05, 0) is 32.0 Å². The summed E-state index contributed by atoms with van der Waals surface area (Å²) in [6.45, 7) is 9.09. The average molecular weight is 426 g/mol. The third kappa shape index (κ3) is 3.87. The third-order valence-corrected chi connectivity index (χ3v) is 4.87. The van der Waals surface area contributed by atoms with E-state index in [0.717, 1.165) is 10.4 Å². The predicted octanol–water partition coefficient (Wildman–Crippen LogP) is 4.43. The van der Waals surface area contributed by atoms with Gasteiger partial charge in [0.2, 0.25) is 0 Å². The SMILES string of the molecule is [C-]#[N+]c1ccc(-c2cnn(CC(C)(O)C(F)(F)F)c2)c(-c2ccn3cc(C)nc3c2)n1. The number of imidazole rings is 1. The maximum atomic E-state index is 13.0. The molecule has 7 nitrogen and oxygen atoms in total. The lowest BCUT2D eigenvalue weighted by Crippen LogP contribution is -2.45. The van der Waals surface area contributed by atoms with E-state index < -0.39 is 18.3 Å². The second-order valence-electron chi connectivity index (χ2n) is 7.44. The fourth-order valence-electron chi connectivity index (χ4n) is 3.21. The van der Waals surface area contributed by atoms with Crippen molar-refractivity contribution in [1.29, 1.82) is 0 Å². The fourth-order valence-corrected chi connectivity index (χ4v) is 3.21. The highest BCUT2D eigenvalue weighted by Crippen LogP contribution is 2.34. The number of alkyl halides is 3. The molecule has 1 atom stereocenters. The molecule has 0 saturated carbocycles. The molecule has 10 heteroatoms. The molecule has 0 aliphatic carbocycles. The Hall–Kier alpha value is -3.71. The lowest BCUT2D eigenvalue weighted by Gasteiger charge is -2.25. The topological polar surface area (TPSA) is 72.6 Å². The van der Waals surface area contributed by atoms with Gasteiger partial charge in [-0.1, -0.05) is 12.6 Å². The quantitative estimate of drug-likeness (QED) is 0.490. The Labute approximate surface area is 175 Å². The largest absolute Gasteiger partial charge is 0.418 e. The summed E-state index contributed by atoms with van der Waals surface area (Å²) in [5.41, 5.74) is 0.919. The normalized spacial score (nSPS) is 13.8. The Balaban J connectivity index is 1.78. The smallest absolute Gasteiger partial charge is 0.379 e. The summed E-state index contributed by atoms with van der Waals surface area (Å²) >= 11 is 0. The Morgan fingerprint density at radius 2 is 1.90 bits per heavy atom. The molecule has 0 aliphatic heterocycles. The van der Waals surface area contributed by atoms with Gasteiger partial charge in [0.25, 0.3) is 5.82 Å². The summed E-state index contributed by atoms with van der Waals surface area (Å²) < 4.78 is 41.9. The molecule has 4 rings (SSSR count). The van der Waals surface area contributed by atoms with Crippen LogP contribution in [0, 0.1) is 13.5 Å². The number of halogens is 3. The predicted molar refractivity (Wildman–Crippen MR) is 107 cm³/mol. The Kier molecular flexibility index (Phi) is 4.78. The molecule has 4 aromatic heterocycles. The number of aliphatic hydroxyl groups is 1. The Morgan fingerprint density at radius 1 is 1.13 bits per heavy atom. The van der Waals surface area contributed by atoms with Crippen molar-refractivity contribution in [1.82, 2.24) is 24.1 Å². The van der Waals surface area contributed by atoms with Crippen molar-refractivity contribution in [3.05, 3.63) is 66.2 Å². The van der Waals surface area contributed by atoms with Crippen LogP contribution in [0.3, 0.4) is 0 Å². The minimum Gasteiger partial charge on any atom is -0.379 e. The molecular weight excluding hydrogens is 409 g/mol. The zero-order chi connectivity index (χ0) is 22.4. The highest BCUT2D eigenvalue weighted by atomic mass is 19.4. The van der Waals surface area contributed by atoms with Crippen molar-refractivity contribution >= 4 is 11.5 Å². The van der Waals surface area contributed by atoms with Crippen LogP contribution in [0.15, 0.2) is 49.1 Å². The average Bonchev–Trinajstić information content (AvgIpc) is 3.30. The molecule has 1 unspecified atom stereocenters. The standard InChI is InChI=1S/C21H17F3N6O/c1-13-10-29-7-6-14(8-18(29)27-13)19-16(4-5-17(25-3)28-19)15-9-26-30(11-15)12-20(2,31)21(22,23)24/h4-11,31H,12H2,1-2H3. The van der Waals surface area contributed by atoms with Crippen LogP contribution in [0.1, 0.15) is 12.6 Å². The summed E-state index contributed by atoms with van der Waals surface area (Å²) in [6.07, 6.45) is 1.73. The van der Waals surface area contributed by atoms with E-state index in [0.29, 0.717) is 35.0 Å². The van der Waals surface area contributed by atoms with Gasteiger partial charge >= 0.3 is 6.18 Å². The van der Waals surface area contributed by atoms with Gasteiger partial charge < -0.3 is 14.4 Å². The highest BCUT2D eigenvalue weighted by Gasteiger charge is 2.50. The van der Waals surface area contributed by atoms with Crippen LogP contribution in [0.4, 0.5) is 19.0 Å². The van der Waals surface area contributed by atoms with Crippen molar-refractivity contribution in [2.75, 3.05) is 0 Å². The molecule has 0 fully saturated rings. The maximum absolute atomic E-state index is 13.0. The van der Waals surface area contributed by atoms with E-state index in [1.54, 1.807) is 6.07 Å². The van der Waals surface area contributed by atoms with Crippen molar-refractivity contribution in [3.63, 3.8) is 0 Å². The highest BCUT2D eigenvalue weighted by molar-refractivity contribution is 5.82. The van der Waals surface area contributed by atoms with Gasteiger partial charge in [-0.3, -0.25) is 4.68 Å². The molecule has 0 aliphatic rings. The molecule has 158 valence electrons. The molecule has 0 spiro atoms. The van der Waals surface area contributed by atoms with Crippen molar-refractivity contribution in [2.45, 2.75) is 32.2 Å². The monoisotopic (exact) mass is 426 g/mol. The van der Waals surface area contributed by atoms with Crippen LogP contribution < -0.4 is 0 Å². The van der Waals surface area contributed by atoms with E-state index in [9.17, 15) is 18.3 Å². The molecule has 0 saturated heterocycles. The molecule has 0 amide bonds. The number of nitrogens with zero attached hydrogens (tertiary/aromatic N) is 6. The summed E-state index contributed by atoms with van der Waals surface area (Å²) in [6, 6.07) is 6.87. The van der Waals surface area contributed by atoms with E-state index in [-0.39, 0.29) is 5.82 Å². The van der Waals surface area contributed by atoms with Gasteiger partial charge in [0.05, 0.1) is 18.4 Å². The second-order valence-corrected chi connectivity index (χ2v) is 7.44. The summed E-state index contributed by atoms with van der Waals surface area (Å²) in [5, 5.41) is 13.7. The van der Waals surface area contributed by atoms with Crippen molar-refractivity contribution in [3.8, 4) is 22.4 Å². The van der Waals surface area contributed by atoms with E-state index in [2.05, 4.69) is 19.9 Å². The minimum atomic E-state index is -4.79. The second kappa shape index (κ2) is 7.21. The van der Waals surface area contributed by atoms with E-state index in [4.69, 9.17) is 6.57 Å². The summed E-state index contributed by atoms with van der Waals surface area (Å²) in [5.74, 6) is 0.186. The van der Waals surface area contributed by atoms with Gasteiger partial charge in [-0.15, -0.1) is 4.98 Å². The number of hydrogen-bond donors (Lipinski definition) is 1. The van der Waals surface area contributed by atoms with Gasteiger partial charge in [-0.2, -0.15) is 18.3 Å². The first-order chi connectivity index (χ1) is 14.6. The molecule has 1 N–H and O–H groups in total. The van der Waals surface area contributed by atoms with Crippen LogP contribution >= 0.6 is 0 Å². The third-order valence-electron chi connectivity index (χ3n) is 4.87. The fraction of sp³-hybridized carbons (Fsp3) is 0.238.